The third-order valence-corrected chi connectivity index (χ3v) is 10.0. The topological polar surface area (TPSA) is 131 Å². The molecule has 0 radical (unpaired) electrons. The SMILES string of the molecule is CC(C)[C@H]1[C@H](O)[C@@]2(O)[C@@]3(C)C[C@]4(O)O[C@@]5([C@H](O)[C@@H](C)CC[C@]35O)[C@@]2(O)[C@]14C. The molecule has 0 aromatic carbocycles. The molecule has 7 heteroatoms. The molecule has 0 aromatic rings. The van der Waals surface area contributed by atoms with Gasteiger partial charge in [0.25, 0.3) is 0 Å². The third-order valence-electron chi connectivity index (χ3n) is 10.0. The number of hydrogen-bond donors (Lipinski definition) is 6. The first-order valence-electron chi connectivity index (χ1n) is 10.1. The number of hydrogen-bond acceptors (Lipinski definition) is 7. The Morgan fingerprint density at radius 2 is 1.59 bits per heavy atom. The van der Waals surface area contributed by atoms with Crippen molar-refractivity contribution in [2.45, 2.75) is 94.3 Å². The molecule has 2 saturated heterocycles. The van der Waals surface area contributed by atoms with Gasteiger partial charge in [0.2, 0.25) is 0 Å². The Morgan fingerprint density at radius 3 is 2.15 bits per heavy atom. The van der Waals surface area contributed by atoms with Crippen molar-refractivity contribution in [3.8, 4) is 0 Å². The molecule has 27 heavy (non-hydrogen) atoms. The largest absolute Gasteiger partial charge is 0.390 e. The molecule has 4 aliphatic carbocycles. The molecule has 0 unspecified atom stereocenters. The maximum atomic E-state index is 12.3. The molecule has 6 N–H and O–H groups in total. The maximum absolute atomic E-state index is 12.3. The van der Waals surface area contributed by atoms with E-state index in [2.05, 4.69) is 0 Å². The summed E-state index contributed by atoms with van der Waals surface area (Å²) in [6.07, 6.45) is -2.08. The standard InChI is InChI=1S/C20H32O7/c1-9(2)11-13(22)18(25)14(4)8-17(24)15(11,5)20(18,26)19(27-17)12(21)10(3)6-7-16(14,19)23/h9-13,21-26H,6-8H2,1-5H3/t10-,11-,12+,13-,14-,15+,16-,17-,18+,19+,20+/m0/s1. The monoisotopic (exact) mass is 384 g/mol. The zero-order valence-corrected chi connectivity index (χ0v) is 16.6. The van der Waals surface area contributed by atoms with E-state index in [1.807, 2.05) is 20.8 Å². The van der Waals surface area contributed by atoms with Gasteiger partial charge >= 0.3 is 0 Å². The molecule has 6 bridgehead atoms. The lowest BCUT2D eigenvalue weighted by molar-refractivity contribution is -0.386. The lowest BCUT2D eigenvalue weighted by Gasteiger charge is -2.60. The molecule has 1 spiro atoms. The quantitative estimate of drug-likeness (QED) is 0.359. The summed E-state index contributed by atoms with van der Waals surface area (Å²) in [4.78, 5) is 0. The van der Waals surface area contributed by atoms with E-state index in [0.717, 1.165) is 0 Å². The first-order chi connectivity index (χ1) is 12.2. The van der Waals surface area contributed by atoms with E-state index in [0.29, 0.717) is 6.42 Å². The number of rotatable bonds is 1. The van der Waals surface area contributed by atoms with Crippen LogP contribution in [-0.4, -0.2) is 71.0 Å². The second-order valence-electron chi connectivity index (χ2n) is 10.8. The molecule has 6 rings (SSSR count). The number of aliphatic hydroxyl groups is 6. The van der Waals surface area contributed by atoms with Crippen molar-refractivity contribution in [1.29, 1.82) is 0 Å². The molecule has 7 nitrogen and oxygen atoms in total. The summed E-state index contributed by atoms with van der Waals surface area (Å²) in [5.74, 6) is -3.03. The van der Waals surface area contributed by atoms with Crippen molar-refractivity contribution in [2.75, 3.05) is 0 Å². The van der Waals surface area contributed by atoms with Crippen molar-refractivity contribution in [1.82, 2.24) is 0 Å². The molecule has 0 amide bonds. The fraction of sp³-hybridized carbons (Fsp3) is 1.00. The lowest BCUT2D eigenvalue weighted by atomic mass is 9.53. The normalized spacial score (nSPS) is 71.6. The van der Waals surface area contributed by atoms with Gasteiger partial charge in [0.05, 0.1) is 17.6 Å². The van der Waals surface area contributed by atoms with Gasteiger partial charge in [-0.05, 0) is 24.7 Å². The van der Waals surface area contributed by atoms with E-state index in [1.165, 1.54) is 0 Å². The Morgan fingerprint density at radius 1 is 1.00 bits per heavy atom. The van der Waals surface area contributed by atoms with Crippen LogP contribution in [0.5, 0.6) is 0 Å². The Hall–Kier alpha value is -0.280. The van der Waals surface area contributed by atoms with Gasteiger partial charge in [-0.2, -0.15) is 0 Å². The summed E-state index contributed by atoms with van der Waals surface area (Å²) in [5, 5.41) is 70.5. The zero-order valence-electron chi connectivity index (χ0n) is 16.6. The minimum atomic E-state index is -2.20. The molecule has 2 heterocycles. The molecular formula is C20H32O7. The highest BCUT2D eigenvalue weighted by molar-refractivity contribution is 5.53. The zero-order chi connectivity index (χ0) is 20.2. The molecule has 2 aliphatic heterocycles. The highest BCUT2D eigenvalue weighted by Gasteiger charge is 3.07. The van der Waals surface area contributed by atoms with Crippen LogP contribution in [0, 0.1) is 28.6 Å². The Balaban J connectivity index is 1.94. The van der Waals surface area contributed by atoms with Crippen LogP contribution in [0.3, 0.4) is 0 Å². The Bertz CT molecular complexity index is 744. The summed E-state index contributed by atoms with van der Waals surface area (Å²) in [7, 11) is 0. The molecule has 6 aliphatic rings. The summed E-state index contributed by atoms with van der Waals surface area (Å²) in [5.41, 5.74) is -11.0. The number of aliphatic hydroxyl groups excluding tert-OH is 2. The second-order valence-corrected chi connectivity index (χ2v) is 10.8. The van der Waals surface area contributed by atoms with Crippen molar-refractivity contribution >= 4 is 0 Å². The highest BCUT2D eigenvalue weighted by atomic mass is 16.7. The molecule has 0 aromatic heterocycles. The smallest absolute Gasteiger partial charge is 0.176 e. The summed E-state index contributed by atoms with van der Waals surface area (Å²) < 4.78 is 6.15. The van der Waals surface area contributed by atoms with Crippen LogP contribution in [-0.2, 0) is 4.74 Å². The maximum Gasteiger partial charge on any atom is 0.176 e. The Kier molecular flexibility index (Phi) is 2.96. The van der Waals surface area contributed by atoms with E-state index in [-0.39, 0.29) is 24.7 Å². The van der Waals surface area contributed by atoms with Crippen molar-refractivity contribution in [2.24, 2.45) is 28.6 Å². The van der Waals surface area contributed by atoms with E-state index in [4.69, 9.17) is 4.74 Å². The minimum Gasteiger partial charge on any atom is -0.390 e. The predicted molar refractivity (Wildman–Crippen MR) is 93.2 cm³/mol. The Labute approximate surface area is 159 Å². The number of ether oxygens (including phenoxy) is 1. The summed E-state index contributed by atoms with van der Waals surface area (Å²) >= 11 is 0. The van der Waals surface area contributed by atoms with E-state index < -0.39 is 57.1 Å². The van der Waals surface area contributed by atoms with Crippen LogP contribution >= 0.6 is 0 Å². The molecular weight excluding hydrogens is 352 g/mol. The van der Waals surface area contributed by atoms with Crippen LogP contribution < -0.4 is 0 Å². The van der Waals surface area contributed by atoms with Gasteiger partial charge in [-0.3, -0.25) is 0 Å². The average Bonchev–Trinajstić information content (AvgIpc) is 2.80. The predicted octanol–water partition coefficient (Wildman–Crippen LogP) is -0.495. The van der Waals surface area contributed by atoms with Gasteiger partial charge in [-0.1, -0.05) is 34.6 Å². The van der Waals surface area contributed by atoms with Crippen molar-refractivity contribution in [3.63, 3.8) is 0 Å². The minimum absolute atomic E-state index is 0.116. The van der Waals surface area contributed by atoms with Gasteiger partial charge in [-0.15, -0.1) is 0 Å². The van der Waals surface area contributed by atoms with Crippen LogP contribution in [0.1, 0.15) is 53.9 Å². The van der Waals surface area contributed by atoms with Crippen LogP contribution in [0.25, 0.3) is 0 Å². The van der Waals surface area contributed by atoms with E-state index in [1.54, 1.807) is 13.8 Å². The van der Waals surface area contributed by atoms with Crippen molar-refractivity contribution in [3.05, 3.63) is 0 Å². The van der Waals surface area contributed by atoms with Gasteiger partial charge in [-0.25, -0.2) is 0 Å². The van der Waals surface area contributed by atoms with Gasteiger partial charge < -0.3 is 35.4 Å². The summed E-state index contributed by atoms with van der Waals surface area (Å²) in [6, 6.07) is 0. The van der Waals surface area contributed by atoms with E-state index >= 15 is 0 Å². The average molecular weight is 384 g/mol. The first-order valence-corrected chi connectivity index (χ1v) is 10.1. The third kappa shape index (κ3) is 1.18. The van der Waals surface area contributed by atoms with Gasteiger partial charge in [0.1, 0.15) is 16.8 Å². The second kappa shape index (κ2) is 4.26. The fourth-order valence-corrected chi connectivity index (χ4v) is 8.91. The van der Waals surface area contributed by atoms with E-state index in [9.17, 15) is 30.6 Å². The van der Waals surface area contributed by atoms with Crippen molar-refractivity contribution < 1.29 is 35.4 Å². The molecule has 154 valence electrons. The molecule has 4 saturated carbocycles. The lowest BCUT2D eigenvalue weighted by Crippen LogP contribution is -2.74. The fourth-order valence-electron chi connectivity index (χ4n) is 8.91. The van der Waals surface area contributed by atoms with Crippen LogP contribution in [0.15, 0.2) is 0 Å². The molecule has 6 fully saturated rings. The van der Waals surface area contributed by atoms with Gasteiger partial charge in [0, 0.05) is 17.8 Å². The van der Waals surface area contributed by atoms with Crippen LogP contribution in [0.2, 0.25) is 0 Å². The first kappa shape index (κ1) is 18.7. The summed E-state index contributed by atoms with van der Waals surface area (Å²) in [6.45, 7) is 8.79. The van der Waals surface area contributed by atoms with Gasteiger partial charge in [0.15, 0.2) is 11.4 Å². The van der Waals surface area contributed by atoms with Crippen LogP contribution in [0.4, 0.5) is 0 Å². The highest BCUT2D eigenvalue weighted by Crippen LogP contribution is 2.89. The molecule has 11 atom stereocenters.